The van der Waals surface area contributed by atoms with Crippen molar-refractivity contribution in [2.45, 2.75) is 78.1 Å². The van der Waals surface area contributed by atoms with Gasteiger partial charge < -0.3 is 0 Å². The summed E-state index contributed by atoms with van der Waals surface area (Å²) in [6.45, 7) is 4.52. The number of hydrogen-bond acceptors (Lipinski definition) is 2. The number of fused-ring (bicyclic) bond motifs is 2. The SMILES string of the molecule is CCCCCCc1ccc(C#Cc2cc3c(C#Cc4ccccc4)c4sc(C#Cc5ccc(CCCCCC)cc5)cc4c(C#Cc4ccccc4)c3s2)cc1. The first-order valence-corrected chi connectivity index (χ1v) is 21.7. The first-order valence-electron chi connectivity index (χ1n) is 20.1. The molecule has 0 atom stereocenters. The molecule has 7 aromatic rings. The van der Waals surface area contributed by atoms with Crippen LogP contribution in [0.4, 0.5) is 0 Å². The third-order valence-electron chi connectivity index (χ3n) is 9.87. The highest BCUT2D eigenvalue weighted by Gasteiger charge is 2.18. The largest absolute Gasteiger partial charge is 0.125 e. The molecule has 0 aliphatic carbocycles. The number of aryl methyl sites for hydroxylation is 2. The summed E-state index contributed by atoms with van der Waals surface area (Å²) in [6.07, 6.45) is 12.4. The van der Waals surface area contributed by atoms with Gasteiger partial charge in [-0.3, -0.25) is 0 Å². The van der Waals surface area contributed by atoms with Crippen molar-refractivity contribution in [1.82, 2.24) is 0 Å². The van der Waals surface area contributed by atoms with Crippen LogP contribution in [0.15, 0.2) is 121 Å². The second-order valence-electron chi connectivity index (χ2n) is 14.2. The van der Waals surface area contributed by atoms with Crippen molar-refractivity contribution in [2.24, 2.45) is 0 Å². The second-order valence-corrected chi connectivity index (χ2v) is 16.3. The monoisotopic (exact) mass is 758 g/mol. The van der Waals surface area contributed by atoms with E-state index >= 15 is 0 Å². The highest BCUT2D eigenvalue weighted by atomic mass is 32.1. The first-order chi connectivity index (χ1) is 27.7. The van der Waals surface area contributed by atoms with E-state index in [4.69, 9.17) is 0 Å². The van der Waals surface area contributed by atoms with Crippen LogP contribution in [0.25, 0.3) is 20.2 Å². The van der Waals surface area contributed by atoms with Crippen molar-refractivity contribution < 1.29 is 0 Å². The van der Waals surface area contributed by atoms with E-state index in [-0.39, 0.29) is 0 Å². The van der Waals surface area contributed by atoms with E-state index in [0.29, 0.717) is 0 Å². The summed E-state index contributed by atoms with van der Waals surface area (Å²) < 4.78 is 2.22. The molecule has 0 saturated heterocycles. The lowest BCUT2D eigenvalue weighted by Crippen LogP contribution is -1.86. The first kappa shape index (κ1) is 38.5. The van der Waals surface area contributed by atoms with E-state index in [1.54, 1.807) is 22.7 Å². The van der Waals surface area contributed by atoms with Crippen molar-refractivity contribution in [1.29, 1.82) is 0 Å². The van der Waals surface area contributed by atoms with Gasteiger partial charge in [-0.2, -0.15) is 0 Å². The summed E-state index contributed by atoms with van der Waals surface area (Å²) in [5.74, 6) is 28.0. The fourth-order valence-electron chi connectivity index (χ4n) is 6.74. The Morgan fingerprint density at radius 1 is 0.375 bits per heavy atom. The van der Waals surface area contributed by atoms with Crippen LogP contribution >= 0.6 is 22.7 Å². The molecule has 0 aliphatic heterocycles. The Morgan fingerprint density at radius 3 is 1.14 bits per heavy atom. The average molecular weight is 759 g/mol. The van der Waals surface area contributed by atoms with E-state index in [9.17, 15) is 0 Å². The van der Waals surface area contributed by atoms with Gasteiger partial charge in [-0.15, -0.1) is 22.7 Å². The molecule has 0 nitrogen and oxygen atoms in total. The van der Waals surface area contributed by atoms with E-state index < -0.39 is 0 Å². The summed E-state index contributed by atoms with van der Waals surface area (Å²) in [5.41, 5.74) is 8.79. The molecular formula is C54H46S2. The maximum absolute atomic E-state index is 3.61. The molecule has 0 saturated carbocycles. The minimum atomic E-state index is 0.983. The van der Waals surface area contributed by atoms with Gasteiger partial charge in [-0.25, -0.2) is 0 Å². The lowest BCUT2D eigenvalue weighted by molar-refractivity contribution is 0.667. The van der Waals surface area contributed by atoms with Crippen LogP contribution in [0.1, 0.15) is 119 Å². The predicted molar refractivity (Wildman–Crippen MR) is 243 cm³/mol. The Labute approximate surface area is 342 Å². The fraction of sp³-hybridized carbons (Fsp3) is 0.222. The molecule has 0 aliphatic rings. The van der Waals surface area contributed by atoms with Crippen LogP contribution in [-0.4, -0.2) is 0 Å². The molecule has 0 amide bonds. The molecule has 0 N–H and O–H groups in total. The molecule has 2 aromatic heterocycles. The van der Waals surface area contributed by atoms with E-state index in [1.165, 1.54) is 62.5 Å². The smallest absolute Gasteiger partial charge is 0.0785 e. The van der Waals surface area contributed by atoms with Gasteiger partial charge >= 0.3 is 0 Å². The molecule has 5 aromatic carbocycles. The van der Waals surface area contributed by atoms with Gasteiger partial charge in [-0.05, 0) is 97.5 Å². The zero-order valence-corrected chi connectivity index (χ0v) is 34.1. The quantitative estimate of drug-likeness (QED) is 0.0962. The fourth-order valence-corrected chi connectivity index (χ4v) is 8.81. The van der Waals surface area contributed by atoms with Crippen LogP contribution < -0.4 is 0 Å². The summed E-state index contributed by atoms with van der Waals surface area (Å²) >= 11 is 3.40. The van der Waals surface area contributed by atoms with Gasteiger partial charge in [-0.1, -0.05) is 160 Å². The number of thiophene rings is 2. The topological polar surface area (TPSA) is 0 Å². The Kier molecular flexibility index (Phi) is 13.6. The molecule has 2 heterocycles. The highest BCUT2D eigenvalue weighted by Crippen LogP contribution is 2.41. The van der Waals surface area contributed by atoms with Crippen molar-refractivity contribution in [3.8, 4) is 47.4 Å². The average Bonchev–Trinajstić information content (AvgIpc) is 3.87. The molecule has 0 bridgehead atoms. The van der Waals surface area contributed by atoms with Crippen LogP contribution in [0.3, 0.4) is 0 Å². The minimum Gasteiger partial charge on any atom is -0.125 e. The standard InChI is InChI=1S/C54H46S2/c1-3-5-7-11-21-43-23-27-45(28-24-43)31-35-47-39-51-49(37-33-41-17-13-9-14-18-41)54-52(50(53(51)55-47)38-34-42-19-15-10-16-20-42)40-48(56-54)36-32-46-29-25-44(26-30-46)22-12-8-6-4-2/h9-10,13-20,23-30,39-40H,3-8,11-12,21-22H2,1-2H3. The third-order valence-corrected chi connectivity index (χ3v) is 12.0. The third kappa shape index (κ3) is 10.3. The van der Waals surface area contributed by atoms with Gasteiger partial charge in [0.05, 0.1) is 30.3 Å². The van der Waals surface area contributed by atoms with Crippen molar-refractivity contribution in [3.05, 3.63) is 176 Å². The van der Waals surface area contributed by atoms with E-state index in [2.05, 4.69) is 146 Å². The zero-order chi connectivity index (χ0) is 38.4. The maximum atomic E-state index is 3.61. The van der Waals surface area contributed by atoms with Crippen molar-refractivity contribution in [2.75, 3.05) is 0 Å². The molecule has 2 heteroatoms. The molecular weight excluding hydrogens is 713 g/mol. The Morgan fingerprint density at radius 2 is 0.750 bits per heavy atom. The molecule has 0 radical (unpaired) electrons. The second kappa shape index (κ2) is 19.7. The molecule has 0 fully saturated rings. The van der Waals surface area contributed by atoms with Gasteiger partial charge in [0.2, 0.25) is 0 Å². The Hall–Kier alpha value is -5.74. The summed E-state index contributed by atoms with van der Waals surface area (Å²) in [5, 5.41) is 2.18. The number of rotatable bonds is 10. The van der Waals surface area contributed by atoms with Gasteiger partial charge in [0, 0.05) is 33.0 Å². The highest BCUT2D eigenvalue weighted by molar-refractivity contribution is 7.21. The summed E-state index contributed by atoms with van der Waals surface area (Å²) in [6, 6.07) is 42.4. The van der Waals surface area contributed by atoms with Crippen LogP contribution in [-0.2, 0) is 12.8 Å². The lowest BCUT2D eigenvalue weighted by atomic mass is 10.0. The normalized spacial score (nSPS) is 10.5. The predicted octanol–water partition coefficient (Wildman–Crippen LogP) is 14.0. The molecule has 274 valence electrons. The van der Waals surface area contributed by atoms with Crippen LogP contribution in [0.5, 0.6) is 0 Å². The molecule has 0 spiro atoms. The number of unbranched alkanes of at least 4 members (excludes halogenated alkanes) is 6. The van der Waals surface area contributed by atoms with Gasteiger partial charge in [0.1, 0.15) is 0 Å². The molecule has 0 unspecified atom stereocenters. The van der Waals surface area contributed by atoms with Crippen LogP contribution in [0, 0.1) is 47.4 Å². The van der Waals surface area contributed by atoms with Gasteiger partial charge in [0.25, 0.3) is 0 Å². The van der Waals surface area contributed by atoms with Crippen molar-refractivity contribution >= 4 is 42.8 Å². The van der Waals surface area contributed by atoms with Crippen LogP contribution in [0.2, 0.25) is 0 Å². The molecule has 56 heavy (non-hydrogen) atoms. The zero-order valence-electron chi connectivity index (χ0n) is 32.4. The number of benzene rings is 5. The summed E-state index contributed by atoms with van der Waals surface area (Å²) in [7, 11) is 0. The Bertz CT molecular complexity index is 2400. The maximum Gasteiger partial charge on any atom is 0.0785 e. The lowest BCUT2D eigenvalue weighted by Gasteiger charge is -2.03. The van der Waals surface area contributed by atoms with Crippen molar-refractivity contribution in [3.63, 3.8) is 0 Å². The van der Waals surface area contributed by atoms with E-state index in [1.807, 2.05) is 36.4 Å². The summed E-state index contributed by atoms with van der Waals surface area (Å²) in [4.78, 5) is 2.00. The minimum absolute atomic E-state index is 0.983. The van der Waals surface area contributed by atoms with E-state index in [0.717, 1.165) is 76.1 Å². The Balaban J connectivity index is 1.29. The molecule has 7 rings (SSSR count). The van der Waals surface area contributed by atoms with Gasteiger partial charge in [0.15, 0.2) is 0 Å². The number of hydrogen-bond donors (Lipinski definition) is 0.